The zero-order valence-corrected chi connectivity index (χ0v) is 12.8. The highest BCUT2D eigenvalue weighted by atomic mass is 16.5. The molecule has 0 bridgehead atoms. The van der Waals surface area contributed by atoms with Crippen molar-refractivity contribution in [3.8, 4) is 0 Å². The standard InChI is InChI=1S/C16H25N3O2/c1-13-17-8-10-19(13)9-5-15(20)18-14-11-16(21-12-14)6-3-2-4-7-16/h8,10,14H,2-7,9,11-12H2,1H3,(H,18,20). The molecule has 1 saturated carbocycles. The van der Waals surface area contributed by atoms with Crippen molar-refractivity contribution in [2.45, 2.75) is 70.1 Å². The smallest absolute Gasteiger partial charge is 0.222 e. The van der Waals surface area contributed by atoms with Crippen molar-refractivity contribution in [2.75, 3.05) is 6.61 Å². The Morgan fingerprint density at radius 3 is 3.00 bits per heavy atom. The summed E-state index contributed by atoms with van der Waals surface area (Å²) in [6, 6.07) is 0.194. The summed E-state index contributed by atoms with van der Waals surface area (Å²) < 4.78 is 8.04. The van der Waals surface area contributed by atoms with Gasteiger partial charge in [-0.25, -0.2) is 4.98 Å². The molecule has 1 aromatic rings. The second kappa shape index (κ2) is 6.18. The van der Waals surface area contributed by atoms with Crippen molar-refractivity contribution in [3.05, 3.63) is 18.2 Å². The summed E-state index contributed by atoms with van der Waals surface area (Å²) in [7, 11) is 0. The van der Waals surface area contributed by atoms with E-state index in [9.17, 15) is 4.79 Å². The number of hydrogen-bond acceptors (Lipinski definition) is 3. The molecule has 21 heavy (non-hydrogen) atoms. The van der Waals surface area contributed by atoms with Crippen LogP contribution in [0, 0.1) is 6.92 Å². The van der Waals surface area contributed by atoms with Gasteiger partial charge in [0.2, 0.25) is 5.91 Å². The molecule has 1 aliphatic heterocycles. The third kappa shape index (κ3) is 3.46. The summed E-state index contributed by atoms with van der Waals surface area (Å²) in [6.07, 6.45) is 11.3. The lowest BCUT2D eigenvalue weighted by atomic mass is 9.82. The van der Waals surface area contributed by atoms with Crippen LogP contribution in [0.4, 0.5) is 0 Å². The van der Waals surface area contributed by atoms with Gasteiger partial charge in [0.25, 0.3) is 0 Å². The minimum atomic E-state index is 0.0666. The van der Waals surface area contributed by atoms with Gasteiger partial charge in [0.1, 0.15) is 5.82 Å². The number of carbonyl (C=O) groups excluding carboxylic acids is 1. The average molecular weight is 291 g/mol. The Morgan fingerprint density at radius 1 is 1.48 bits per heavy atom. The molecule has 1 amide bonds. The Bertz CT molecular complexity index is 491. The first-order valence-corrected chi connectivity index (χ1v) is 8.08. The molecule has 0 radical (unpaired) electrons. The number of amides is 1. The van der Waals surface area contributed by atoms with E-state index in [0.717, 1.165) is 25.1 Å². The van der Waals surface area contributed by atoms with E-state index < -0.39 is 0 Å². The summed E-state index contributed by atoms with van der Waals surface area (Å²) in [4.78, 5) is 16.2. The fourth-order valence-corrected chi connectivity index (χ4v) is 3.64. The van der Waals surface area contributed by atoms with Gasteiger partial charge >= 0.3 is 0 Å². The normalized spacial score (nSPS) is 24.3. The van der Waals surface area contributed by atoms with Crippen LogP contribution in [-0.2, 0) is 16.1 Å². The lowest BCUT2D eigenvalue weighted by molar-refractivity contribution is -0.122. The summed E-state index contributed by atoms with van der Waals surface area (Å²) in [5, 5.41) is 3.13. The quantitative estimate of drug-likeness (QED) is 0.925. The van der Waals surface area contributed by atoms with Gasteiger partial charge in [0.15, 0.2) is 0 Å². The number of hydrogen-bond donors (Lipinski definition) is 1. The first kappa shape index (κ1) is 14.6. The largest absolute Gasteiger partial charge is 0.373 e. The highest BCUT2D eigenvalue weighted by molar-refractivity contribution is 5.76. The topological polar surface area (TPSA) is 56.2 Å². The van der Waals surface area contributed by atoms with E-state index in [1.165, 1.54) is 19.3 Å². The van der Waals surface area contributed by atoms with Gasteiger partial charge in [-0.2, -0.15) is 0 Å². The number of nitrogens with one attached hydrogen (secondary N) is 1. The van der Waals surface area contributed by atoms with Gasteiger partial charge in [0, 0.05) is 25.4 Å². The third-order valence-electron chi connectivity index (χ3n) is 4.84. The molecule has 2 fully saturated rings. The molecule has 2 aliphatic rings. The van der Waals surface area contributed by atoms with Crippen molar-refractivity contribution in [1.82, 2.24) is 14.9 Å². The molecule has 1 saturated heterocycles. The van der Waals surface area contributed by atoms with Crippen LogP contribution in [-0.4, -0.2) is 33.7 Å². The molecule has 1 spiro atoms. The first-order chi connectivity index (χ1) is 10.2. The van der Waals surface area contributed by atoms with E-state index >= 15 is 0 Å². The number of aromatic nitrogens is 2. The predicted molar refractivity (Wildman–Crippen MR) is 79.9 cm³/mol. The van der Waals surface area contributed by atoms with Gasteiger partial charge in [-0.15, -0.1) is 0 Å². The monoisotopic (exact) mass is 291 g/mol. The zero-order chi connectivity index (χ0) is 14.7. The van der Waals surface area contributed by atoms with Gasteiger partial charge in [-0.3, -0.25) is 4.79 Å². The molecule has 3 rings (SSSR count). The molecule has 1 unspecified atom stereocenters. The number of imidazole rings is 1. The first-order valence-electron chi connectivity index (χ1n) is 8.08. The molecule has 2 heterocycles. The summed E-state index contributed by atoms with van der Waals surface area (Å²) in [5.74, 6) is 1.07. The molecule has 1 N–H and O–H groups in total. The maximum atomic E-state index is 12.1. The molecule has 1 aliphatic carbocycles. The minimum Gasteiger partial charge on any atom is -0.373 e. The number of rotatable bonds is 4. The lowest BCUT2D eigenvalue weighted by Gasteiger charge is -2.32. The third-order valence-corrected chi connectivity index (χ3v) is 4.84. The van der Waals surface area contributed by atoms with Crippen LogP contribution in [0.1, 0.15) is 50.8 Å². The van der Waals surface area contributed by atoms with Crippen LogP contribution in [0.3, 0.4) is 0 Å². The fourth-order valence-electron chi connectivity index (χ4n) is 3.64. The van der Waals surface area contributed by atoms with Gasteiger partial charge in [-0.1, -0.05) is 19.3 Å². The maximum absolute atomic E-state index is 12.1. The molecule has 116 valence electrons. The van der Waals surface area contributed by atoms with Crippen LogP contribution in [0.15, 0.2) is 12.4 Å². The maximum Gasteiger partial charge on any atom is 0.222 e. The van der Waals surface area contributed by atoms with Crippen LogP contribution in [0.25, 0.3) is 0 Å². The predicted octanol–water partition coefficient (Wildman–Crippen LogP) is 2.19. The SMILES string of the molecule is Cc1nccn1CCC(=O)NC1COC2(CCCCC2)C1. The summed E-state index contributed by atoms with van der Waals surface area (Å²) in [6.45, 7) is 3.32. The fraction of sp³-hybridized carbons (Fsp3) is 0.750. The Hall–Kier alpha value is -1.36. The Labute approximate surface area is 126 Å². The molecule has 1 aromatic heterocycles. The van der Waals surface area contributed by atoms with Crippen LogP contribution < -0.4 is 5.32 Å². The van der Waals surface area contributed by atoms with Crippen molar-refractivity contribution in [1.29, 1.82) is 0 Å². The molecule has 1 atom stereocenters. The Morgan fingerprint density at radius 2 is 2.29 bits per heavy atom. The summed E-state index contributed by atoms with van der Waals surface area (Å²) in [5.41, 5.74) is 0.0666. The van der Waals surface area contributed by atoms with Gasteiger partial charge in [0.05, 0.1) is 18.2 Å². The molecule has 5 heteroatoms. The Balaban J connectivity index is 1.44. The summed E-state index contributed by atoms with van der Waals surface area (Å²) >= 11 is 0. The van der Waals surface area contributed by atoms with Crippen molar-refractivity contribution >= 4 is 5.91 Å². The van der Waals surface area contributed by atoms with Crippen molar-refractivity contribution < 1.29 is 9.53 Å². The van der Waals surface area contributed by atoms with E-state index in [4.69, 9.17) is 4.74 Å². The van der Waals surface area contributed by atoms with Gasteiger partial charge < -0.3 is 14.6 Å². The number of nitrogens with zero attached hydrogens (tertiary/aromatic N) is 2. The van der Waals surface area contributed by atoms with Crippen molar-refractivity contribution in [2.24, 2.45) is 0 Å². The van der Waals surface area contributed by atoms with Crippen LogP contribution >= 0.6 is 0 Å². The van der Waals surface area contributed by atoms with E-state index in [1.54, 1.807) is 6.20 Å². The second-order valence-corrected chi connectivity index (χ2v) is 6.44. The molecular weight excluding hydrogens is 266 g/mol. The molecule has 0 aromatic carbocycles. The van der Waals surface area contributed by atoms with E-state index in [-0.39, 0.29) is 17.6 Å². The van der Waals surface area contributed by atoms with E-state index in [2.05, 4.69) is 10.3 Å². The highest BCUT2D eigenvalue weighted by Gasteiger charge is 2.41. The van der Waals surface area contributed by atoms with Gasteiger partial charge in [-0.05, 0) is 26.2 Å². The van der Waals surface area contributed by atoms with Crippen LogP contribution in [0.2, 0.25) is 0 Å². The lowest BCUT2D eigenvalue weighted by Crippen LogP contribution is -2.37. The number of ether oxygens (including phenoxy) is 1. The molecule has 5 nitrogen and oxygen atoms in total. The Kier molecular flexibility index (Phi) is 4.29. The number of carbonyl (C=O) groups is 1. The zero-order valence-electron chi connectivity index (χ0n) is 12.8. The second-order valence-electron chi connectivity index (χ2n) is 6.44. The van der Waals surface area contributed by atoms with E-state index in [0.29, 0.717) is 19.6 Å². The molecular formula is C16H25N3O2. The highest BCUT2D eigenvalue weighted by Crippen LogP contribution is 2.39. The minimum absolute atomic E-state index is 0.0666. The van der Waals surface area contributed by atoms with Crippen molar-refractivity contribution in [3.63, 3.8) is 0 Å². The van der Waals surface area contributed by atoms with E-state index in [1.807, 2.05) is 17.7 Å². The average Bonchev–Trinajstić information content (AvgIpc) is 3.05. The number of aryl methyl sites for hydroxylation is 2. The van der Waals surface area contributed by atoms with Crippen LogP contribution in [0.5, 0.6) is 0 Å².